The molecule has 3 nitrogen and oxygen atoms in total. The lowest BCUT2D eigenvalue weighted by Gasteiger charge is -2.41. The van der Waals surface area contributed by atoms with Crippen LogP contribution in [0.4, 0.5) is 0 Å². The Morgan fingerprint density at radius 1 is 1.05 bits per heavy atom. The van der Waals surface area contributed by atoms with Crippen LogP contribution >= 0.6 is 0 Å². The van der Waals surface area contributed by atoms with E-state index < -0.39 is 0 Å². The number of piperazine rings is 1. The van der Waals surface area contributed by atoms with Gasteiger partial charge in [0.25, 0.3) is 0 Å². The largest absolute Gasteiger partial charge is 0.365 e. The maximum Gasteiger partial charge on any atom is 0.0960 e. The molecule has 0 bridgehead atoms. The second kappa shape index (κ2) is 7.19. The van der Waals surface area contributed by atoms with Crippen molar-refractivity contribution >= 4 is 0 Å². The lowest BCUT2D eigenvalue weighted by molar-refractivity contribution is 0.106. The van der Waals surface area contributed by atoms with Crippen LogP contribution in [0.1, 0.15) is 43.9 Å². The van der Waals surface area contributed by atoms with Gasteiger partial charge in [-0.1, -0.05) is 44.7 Å². The molecule has 0 spiro atoms. The molecule has 0 amide bonds. The van der Waals surface area contributed by atoms with Gasteiger partial charge in [-0.2, -0.15) is 0 Å². The highest BCUT2D eigenvalue weighted by molar-refractivity contribution is 5.28. The SMILES string of the molecule is C=C(N(C)C)N1CCN(C(C)c2cccc(C(C)C)c2)CC1. The lowest BCUT2D eigenvalue weighted by atomic mass is 9.97. The maximum absolute atomic E-state index is 4.17. The zero-order valence-corrected chi connectivity index (χ0v) is 14.8. The van der Waals surface area contributed by atoms with Gasteiger partial charge in [-0.3, -0.25) is 4.90 Å². The molecule has 0 radical (unpaired) electrons. The quantitative estimate of drug-likeness (QED) is 0.824. The molecule has 0 N–H and O–H groups in total. The Hall–Kier alpha value is -1.48. The molecule has 1 fully saturated rings. The minimum atomic E-state index is 0.480. The van der Waals surface area contributed by atoms with Crippen molar-refractivity contribution in [2.24, 2.45) is 0 Å². The van der Waals surface area contributed by atoms with E-state index in [9.17, 15) is 0 Å². The van der Waals surface area contributed by atoms with Crippen molar-refractivity contribution < 1.29 is 0 Å². The molecule has 2 rings (SSSR count). The Labute approximate surface area is 136 Å². The number of hydrogen-bond acceptors (Lipinski definition) is 3. The minimum Gasteiger partial charge on any atom is -0.365 e. The van der Waals surface area contributed by atoms with Crippen LogP contribution in [0.25, 0.3) is 0 Å². The van der Waals surface area contributed by atoms with Crippen LogP contribution in [-0.4, -0.2) is 55.0 Å². The lowest BCUT2D eigenvalue weighted by Crippen LogP contribution is -2.48. The minimum absolute atomic E-state index is 0.480. The highest BCUT2D eigenvalue weighted by Crippen LogP contribution is 2.25. The third-order valence-corrected chi connectivity index (χ3v) is 4.80. The normalized spacial score (nSPS) is 17.6. The summed E-state index contributed by atoms with van der Waals surface area (Å²) in [5.41, 5.74) is 2.87. The van der Waals surface area contributed by atoms with Gasteiger partial charge in [0.05, 0.1) is 5.82 Å². The van der Waals surface area contributed by atoms with Crippen molar-refractivity contribution in [3.05, 3.63) is 47.8 Å². The first kappa shape index (κ1) is 16.9. The number of nitrogens with zero attached hydrogens (tertiary/aromatic N) is 3. The second-order valence-electron chi connectivity index (χ2n) is 6.83. The second-order valence-corrected chi connectivity index (χ2v) is 6.83. The molecule has 1 aromatic carbocycles. The summed E-state index contributed by atoms with van der Waals surface area (Å²) in [7, 11) is 4.13. The summed E-state index contributed by atoms with van der Waals surface area (Å²) in [6, 6.07) is 9.56. The highest BCUT2D eigenvalue weighted by Gasteiger charge is 2.23. The van der Waals surface area contributed by atoms with Crippen molar-refractivity contribution in [2.75, 3.05) is 40.3 Å². The molecule has 1 unspecified atom stereocenters. The van der Waals surface area contributed by atoms with E-state index in [2.05, 4.69) is 80.4 Å². The fourth-order valence-electron chi connectivity index (χ4n) is 3.04. The van der Waals surface area contributed by atoms with Gasteiger partial charge in [-0.15, -0.1) is 0 Å². The molecule has 1 atom stereocenters. The molecule has 1 saturated heterocycles. The van der Waals surface area contributed by atoms with Crippen LogP contribution < -0.4 is 0 Å². The van der Waals surface area contributed by atoms with Gasteiger partial charge >= 0.3 is 0 Å². The average Bonchev–Trinajstić information content (AvgIpc) is 2.53. The van der Waals surface area contributed by atoms with Crippen LogP contribution in [-0.2, 0) is 0 Å². The Morgan fingerprint density at radius 3 is 2.18 bits per heavy atom. The first-order chi connectivity index (χ1) is 10.4. The number of rotatable bonds is 5. The van der Waals surface area contributed by atoms with Crippen LogP contribution in [0, 0.1) is 0 Å². The van der Waals surface area contributed by atoms with E-state index in [0.29, 0.717) is 12.0 Å². The summed E-state index contributed by atoms with van der Waals surface area (Å²) in [5, 5.41) is 0. The first-order valence-electron chi connectivity index (χ1n) is 8.35. The zero-order valence-electron chi connectivity index (χ0n) is 14.8. The van der Waals surface area contributed by atoms with Gasteiger partial charge in [0, 0.05) is 46.3 Å². The van der Waals surface area contributed by atoms with Gasteiger partial charge in [0.15, 0.2) is 0 Å². The maximum atomic E-state index is 4.17. The van der Waals surface area contributed by atoms with Gasteiger partial charge in [0.2, 0.25) is 0 Å². The Morgan fingerprint density at radius 2 is 1.64 bits per heavy atom. The van der Waals surface area contributed by atoms with Gasteiger partial charge in [-0.05, 0) is 24.0 Å². The van der Waals surface area contributed by atoms with Crippen LogP contribution in [0.5, 0.6) is 0 Å². The van der Waals surface area contributed by atoms with Crippen molar-refractivity contribution in [2.45, 2.75) is 32.7 Å². The third kappa shape index (κ3) is 3.83. The fraction of sp³-hybridized carbons (Fsp3) is 0.579. The summed E-state index contributed by atoms with van der Waals surface area (Å²) < 4.78 is 0. The smallest absolute Gasteiger partial charge is 0.0960 e. The van der Waals surface area contributed by atoms with E-state index in [0.717, 1.165) is 32.0 Å². The summed E-state index contributed by atoms with van der Waals surface area (Å²) in [6.45, 7) is 15.3. The Bertz CT molecular complexity index is 499. The topological polar surface area (TPSA) is 9.72 Å². The number of benzene rings is 1. The summed E-state index contributed by atoms with van der Waals surface area (Å²) >= 11 is 0. The molecular formula is C19H31N3. The van der Waals surface area contributed by atoms with Crippen molar-refractivity contribution in [1.82, 2.24) is 14.7 Å². The third-order valence-electron chi connectivity index (χ3n) is 4.80. The molecule has 122 valence electrons. The molecule has 22 heavy (non-hydrogen) atoms. The summed E-state index contributed by atoms with van der Waals surface area (Å²) in [4.78, 5) is 7.07. The molecule has 1 aromatic rings. The first-order valence-corrected chi connectivity index (χ1v) is 8.35. The molecular weight excluding hydrogens is 270 g/mol. The molecule has 1 aliphatic rings. The van der Waals surface area contributed by atoms with Crippen LogP contribution in [0.3, 0.4) is 0 Å². The standard InChI is InChI=1S/C19H31N3/c1-15(2)18-8-7-9-19(14-18)16(3)21-10-12-22(13-11-21)17(4)20(5)6/h7-9,14-16H,4,10-13H2,1-3,5-6H3. The Kier molecular flexibility index (Phi) is 5.52. The fourth-order valence-corrected chi connectivity index (χ4v) is 3.04. The molecule has 1 aliphatic heterocycles. The van der Waals surface area contributed by atoms with Crippen LogP contribution in [0.15, 0.2) is 36.7 Å². The van der Waals surface area contributed by atoms with Crippen molar-refractivity contribution in [3.8, 4) is 0 Å². The molecule has 0 saturated carbocycles. The summed E-state index contributed by atoms with van der Waals surface area (Å²) in [5.74, 6) is 1.71. The predicted molar refractivity (Wildman–Crippen MR) is 94.9 cm³/mol. The monoisotopic (exact) mass is 301 g/mol. The molecule has 0 aliphatic carbocycles. The molecule has 3 heteroatoms. The van der Waals surface area contributed by atoms with E-state index in [1.807, 2.05) is 0 Å². The van der Waals surface area contributed by atoms with E-state index in [1.165, 1.54) is 11.1 Å². The highest BCUT2D eigenvalue weighted by atomic mass is 15.4. The molecule has 1 heterocycles. The zero-order chi connectivity index (χ0) is 16.3. The summed E-state index contributed by atoms with van der Waals surface area (Å²) in [6.07, 6.45) is 0. The molecule has 0 aromatic heterocycles. The van der Waals surface area contributed by atoms with E-state index in [1.54, 1.807) is 0 Å². The van der Waals surface area contributed by atoms with E-state index >= 15 is 0 Å². The average molecular weight is 301 g/mol. The van der Waals surface area contributed by atoms with Crippen molar-refractivity contribution in [1.29, 1.82) is 0 Å². The Balaban J connectivity index is 1.99. The van der Waals surface area contributed by atoms with Crippen molar-refractivity contribution in [3.63, 3.8) is 0 Å². The van der Waals surface area contributed by atoms with Crippen LogP contribution in [0.2, 0.25) is 0 Å². The van der Waals surface area contributed by atoms with Gasteiger partial charge < -0.3 is 9.80 Å². The predicted octanol–water partition coefficient (Wildman–Crippen LogP) is 3.52. The van der Waals surface area contributed by atoms with Gasteiger partial charge in [-0.25, -0.2) is 0 Å². The van der Waals surface area contributed by atoms with Gasteiger partial charge in [0.1, 0.15) is 0 Å². The van der Waals surface area contributed by atoms with E-state index in [4.69, 9.17) is 0 Å². The van der Waals surface area contributed by atoms with E-state index in [-0.39, 0.29) is 0 Å². The number of hydrogen-bond donors (Lipinski definition) is 0.